The van der Waals surface area contributed by atoms with Crippen molar-refractivity contribution in [1.82, 2.24) is 5.32 Å². The number of amides is 4. The number of anilines is 2. The van der Waals surface area contributed by atoms with Crippen LogP contribution >= 0.6 is 0 Å². The molecule has 35 heavy (non-hydrogen) atoms. The van der Waals surface area contributed by atoms with Crippen LogP contribution in [0.15, 0.2) is 42.5 Å². The number of carbonyl (C=O) groups is 3. The predicted molar refractivity (Wildman–Crippen MR) is 128 cm³/mol. The predicted octanol–water partition coefficient (Wildman–Crippen LogP) is 4.33. The Balaban J connectivity index is 1.91. The summed E-state index contributed by atoms with van der Waals surface area (Å²) in [4.78, 5) is 54.3. The van der Waals surface area contributed by atoms with Crippen LogP contribution in [0.4, 0.5) is 26.2 Å². The summed E-state index contributed by atoms with van der Waals surface area (Å²) >= 11 is 0. The normalized spacial score (nSPS) is 21.8. The van der Waals surface area contributed by atoms with Gasteiger partial charge in [0.2, 0.25) is 5.91 Å². The van der Waals surface area contributed by atoms with Gasteiger partial charge in [0.25, 0.3) is 11.6 Å². The van der Waals surface area contributed by atoms with Gasteiger partial charge in [0.05, 0.1) is 16.7 Å². The molecule has 9 nitrogen and oxygen atoms in total. The van der Waals surface area contributed by atoms with Crippen LogP contribution in [0.2, 0.25) is 0 Å². The lowest BCUT2D eigenvalue weighted by Crippen LogP contribution is -2.72. The van der Waals surface area contributed by atoms with Crippen LogP contribution in [0.5, 0.6) is 0 Å². The van der Waals surface area contributed by atoms with Crippen molar-refractivity contribution in [3.05, 3.63) is 64.0 Å². The van der Waals surface area contributed by atoms with Crippen molar-refractivity contribution < 1.29 is 23.7 Å². The zero-order chi connectivity index (χ0) is 25.3. The number of nitrogens with zero attached hydrogens (tertiary/aromatic N) is 3. The highest BCUT2D eigenvalue weighted by molar-refractivity contribution is 6.30. The number of hydrogen-bond acceptors (Lipinski definition) is 6. The molecule has 10 heteroatoms. The molecule has 2 atom stereocenters. The van der Waals surface area contributed by atoms with Crippen molar-refractivity contribution in [3.8, 4) is 0 Å². The summed E-state index contributed by atoms with van der Waals surface area (Å²) in [5.41, 5.74) is -0.438. The summed E-state index contributed by atoms with van der Waals surface area (Å²) in [5, 5.41) is 13.8. The van der Waals surface area contributed by atoms with Gasteiger partial charge >= 0.3 is 6.03 Å². The van der Waals surface area contributed by atoms with Crippen LogP contribution in [0.25, 0.3) is 0 Å². The summed E-state index contributed by atoms with van der Waals surface area (Å²) in [6.45, 7) is 4.52. The van der Waals surface area contributed by atoms with Crippen molar-refractivity contribution in [3.63, 3.8) is 0 Å². The quantitative estimate of drug-likeness (QED) is 0.357. The number of non-ortho nitro benzene ring substituents is 1. The van der Waals surface area contributed by atoms with E-state index in [1.807, 2.05) is 18.7 Å². The fraction of sp³-hybridized carbons (Fsp3) is 0.400. The average molecular weight is 483 g/mol. The molecule has 0 aromatic heterocycles. The van der Waals surface area contributed by atoms with E-state index in [0.29, 0.717) is 24.9 Å². The van der Waals surface area contributed by atoms with E-state index in [-0.39, 0.29) is 17.8 Å². The number of halogens is 1. The highest BCUT2D eigenvalue weighted by atomic mass is 19.1. The minimum absolute atomic E-state index is 0.0903. The van der Waals surface area contributed by atoms with E-state index in [4.69, 9.17) is 0 Å². The second-order valence-corrected chi connectivity index (χ2v) is 8.95. The number of rotatable bonds is 7. The fourth-order valence-corrected chi connectivity index (χ4v) is 5.17. The van der Waals surface area contributed by atoms with Gasteiger partial charge in [-0.25, -0.2) is 14.1 Å². The van der Waals surface area contributed by atoms with Crippen LogP contribution in [-0.4, -0.2) is 35.4 Å². The standard InChI is InChI=1S/C25H27FN4O5/c1-3-5-13-28-20-12-11-19(30(34)35)14-16(20)15-25(21(28)6-4-2)22(31)27-24(33)29(23(25)32)18-9-7-17(26)8-10-18/h7-12,14,21H,3-6,13,15H2,1-2H3,(H,27,31,33). The van der Waals surface area contributed by atoms with Gasteiger partial charge in [0.15, 0.2) is 5.41 Å². The van der Waals surface area contributed by atoms with Gasteiger partial charge in [-0.2, -0.15) is 0 Å². The molecule has 0 saturated carbocycles. The number of benzene rings is 2. The molecule has 2 unspecified atom stereocenters. The lowest BCUT2D eigenvalue weighted by Gasteiger charge is -2.52. The van der Waals surface area contributed by atoms with Gasteiger partial charge in [-0.3, -0.25) is 25.0 Å². The van der Waals surface area contributed by atoms with Crippen LogP contribution in [0.3, 0.4) is 0 Å². The SMILES string of the molecule is CCCCN1c2ccc([N+](=O)[O-])cc2CC2(C(=O)NC(=O)N(c3ccc(F)cc3)C2=O)C1CCC. The number of imide groups is 2. The molecule has 0 bridgehead atoms. The van der Waals surface area contributed by atoms with Gasteiger partial charge in [-0.1, -0.05) is 26.7 Å². The van der Waals surface area contributed by atoms with E-state index < -0.39 is 40.0 Å². The first kappa shape index (κ1) is 24.3. The second-order valence-electron chi connectivity index (χ2n) is 8.95. The van der Waals surface area contributed by atoms with Crippen molar-refractivity contribution in [2.75, 3.05) is 16.3 Å². The minimum Gasteiger partial charge on any atom is -0.367 e. The van der Waals surface area contributed by atoms with Crippen LogP contribution in [0.1, 0.15) is 45.1 Å². The fourth-order valence-electron chi connectivity index (χ4n) is 5.17. The molecule has 1 fully saturated rings. The zero-order valence-corrected chi connectivity index (χ0v) is 19.6. The summed E-state index contributed by atoms with van der Waals surface area (Å²) in [6.07, 6.45) is 2.72. The number of barbiturate groups is 1. The minimum atomic E-state index is -1.69. The Bertz CT molecular complexity index is 1180. The molecule has 1 spiro atoms. The van der Waals surface area contributed by atoms with Crippen LogP contribution < -0.4 is 15.1 Å². The van der Waals surface area contributed by atoms with Gasteiger partial charge in [0, 0.05) is 30.8 Å². The maximum atomic E-state index is 14.1. The van der Waals surface area contributed by atoms with Crippen molar-refractivity contribution in [1.29, 1.82) is 0 Å². The number of carbonyl (C=O) groups excluding carboxylic acids is 3. The first-order chi connectivity index (χ1) is 16.7. The monoisotopic (exact) mass is 482 g/mol. The number of nitrogens with one attached hydrogen (secondary N) is 1. The Labute approximate surface area is 202 Å². The third-order valence-electron chi connectivity index (χ3n) is 6.81. The Morgan fingerprint density at radius 2 is 1.83 bits per heavy atom. The maximum absolute atomic E-state index is 14.1. The molecule has 2 aromatic carbocycles. The molecule has 2 heterocycles. The summed E-state index contributed by atoms with van der Waals surface area (Å²) in [7, 11) is 0. The molecular formula is C25H27FN4O5. The average Bonchev–Trinajstić information content (AvgIpc) is 2.83. The molecule has 4 amide bonds. The smallest absolute Gasteiger partial charge is 0.335 e. The highest BCUT2D eigenvalue weighted by Crippen LogP contribution is 2.47. The lowest BCUT2D eigenvalue weighted by molar-refractivity contribution is -0.384. The topological polar surface area (TPSA) is 113 Å². The highest BCUT2D eigenvalue weighted by Gasteiger charge is 2.62. The Kier molecular flexibility index (Phi) is 6.56. The van der Waals surface area contributed by atoms with E-state index in [0.717, 1.165) is 35.6 Å². The van der Waals surface area contributed by atoms with E-state index in [2.05, 4.69) is 5.32 Å². The van der Waals surface area contributed by atoms with E-state index >= 15 is 0 Å². The molecule has 2 aliphatic rings. The number of unbranched alkanes of at least 4 members (excludes halogenated alkanes) is 1. The molecule has 2 aromatic rings. The number of fused-ring (bicyclic) bond motifs is 1. The van der Waals surface area contributed by atoms with Gasteiger partial charge in [-0.05, 0) is 48.7 Å². The first-order valence-electron chi connectivity index (χ1n) is 11.7. The number of nitro groups is 1. The third-order valence-corrected chi connectivity index (χ3v) is 6.81. The number of hydrogen-bond donors (Lipinski definition) is 1. The molecule has 4 rings (SSSR count). The molecule has 0 aliphatic carbocycles. The molecular weight excluding hydrogens is 455 g/mol. The lowest BCUT2D eigenvalue weighted by atomic mass is 9.67. The summed E-state index contributed by atoms with van der Waals surface area (Å²) in [6, 6.07) is 7.91. The van der Waals surface area contributed by atoms with E-state index in [9.17, 15) is 28.9 Å². The summed E-state index contributed by atoms with van der Waals surface area (Å²) in [5.74, 6) is -1.96. The van der Waals surface area contributed by atoms with Crippen molar-refractivity contribution >= 4 is 34.9 Å². The van der Waals surface area contributed by atoms with Gasteiger partial charge in [-0.15, -0.1) is 0 Å². The summed E-state index contributed by atoms with van der Waals surface area (Å²) < 4.78 is 13.5. The third kappa shape index (κ3) is 4.02. The Morgan fingerprint density at radius 1 is 1.11 bits per heavy atom. The largest absolute Gasteiger partial charge is 0.367 e. The van der Waals surface area contributed by atoms with Crippen LogP contribution in [0, 0.1) is 21.3 Å². The number of urea groups is 1. The van der Waals surface area contributed by atoms with Crippen molar-refractivity contribution in [2.45, 2.75) is 52.0 Å². The number of nitro benzene ring substituents is 1. The zero-order valence-electron chi connectivity index (χ0n) is 19.6. The Hall–Kier alpha value is -3.82. The molecule has 2 aliphatic heterocycles. The molecule has 184 valence electrons. The van der Waals surface area contributed by atoms with Gasteiger partial charge < -0.3 is 4.90 Å². The van der Waals surface area contributed by atoms with Gasteiger partial charge in [0.1, 0.15) is 5.82 Å². The van der Waals surface area contributed by atoms with E-state index in [1.165, 1.54) is 24.3 Å². The first-order valence-corrected chi connectivity index (χ1v) is 11.7. The molecule has 1 saturated heterocycles. The molecule has 0 radical (unpaired) electrons. The Morgan fingerprint density at radius 3 is 2.46 bits per heavy atom. The second kappa shape index (κ2) is 9.44. The van der Waals surface area contributed by atoms with Crippen molar-refractivity contribution in [2.24, 2.45) is 5.41 Å². The van der Waals surface area contributed by atoms with Crippen LogP contribution in [-0.2, 0) is 16.0 Å². The molecule has 1 N–H and O–H groups in total. The maximum Gasteiger partial charge on any atom is 0.335 e. The van der Waals surface area contributed by atoms with E-state index in [1.54, 1.807) is 6.07 Å².